The van der Waals surface area contributed by atoms with Gasteiger partial charge in [-0.15, -0.1) is 0 Å². The fourth-order valence-corrected chi connectivity index (χ4v) is 2.67. The summed E-state index contributed by atoms with van der Waals surface area (Å²) in [5.41, 5.74) is 4.03. The van der Waals surface area contributed by atoms with Gasteiger partial charge in [0.1, 0.15) is 0 Å². The van der Waals surface area contributed by atoms with Gasteiger partial charge in [-0.05, 0) is 35.2 Å². The van der Waals surface area contributed by atoms with Crippen LogP contribution < -0.4 is 5.32 Å². The molecule has 0 amide bonds. The Labute approximate surface area is 106 Å². The lowest BCUT2D eigenvalue weighted by atomic mass is 9.90. The van der Waals surface area contributed by atoms with Gasteiger partial charge in [0.25, 0.3) is 0 Å². The minimum atomic E-state index is 0.303. The summed E-state index contributed by atoms with van der Waals surface area (Å²) in [6.07, 6.45) is 1.05. The standard InChI is InChI=1S/C15H14ClN/c16-13-6-7-14-12(10-13)8-9-17-15(14)11-4-2-1-3-5-11/h1-7,10,15,17H,8-9H2/t15-/m1/s1. The topological polar surface area (TPSA) is 12.0 Å². The quantitative estimate of drug-likeness (QED) is 0.808. The van der Waals surface area contributed by atoms with Crippen molar-refractivity contribution in [3.63, 3.8) is 0 Å². The second-order valence-electron chi connectivity index (χ2n) is 4.39. The molecule has 0 unspecified atom stereocenters. The summed E-state index contributed by atoms with van der Waals surface area (Å²) in [7, 11) is 0. The molecule has 2 aromatic carbocycles. The van der Waals surface area contributed by atoms with Gasteiger partial charge in [0.05, 0.1) is 6.04 Å². The molecule has 2 aromatic rings. The van der Waals surface area contributed by atoms with E-state index in [-0.39, 0.29) is 0 Å². The minimum Gasteiger partial charge on any atom is -0.306 e. The van der Waals surface area contributed by atoms with E-state index in [1.165, 1.54) is 16.7 Å². The molecule has 86 valence electrons. The lowest BCUT2D eigenvalue weighted by Crippen LogP contribution is -2.30. The molecule has 0 saturated carbocycles. The van der Waals surface area contributed by atoms with Crippen molar-refractivity contribution in [1.29, 1.82) is 0 Å². The highest BCUT2D eigenvalue weighted by Gasteiger charge is 2.20. The molecule has 0 aromatic heterocycles. The van der Waals surface area contributed by atoms with Crippen molar-refractivity contribution in [3.8, 4) is 0 Å². The Morgan fingerprint density at radius 3 is 2.71 bits per heavy atom. The monoisotopic (exact) mass is 243 g/mol. The van der Waals surface area contributed by atoms with Crippen LogP contribution in [-0.2, 0) is 6.42 Å². The fourth-order valence-electron chi connectivity index (χ4n) is 2.48. The highest BCUT2D eigenvalue weighted by molar-refractivity contribution is 6.30. The summed E-state index contributed by atoms with van der Waals surface area (Å²) in [4.78, 5) is 0. The minimum absolute atomic E-state index is 0.303. The smallest absolute Gasteiger partial charge is 0.0579 e. The zero-order valence-electron chi connectivity index (χ0n) is 9.49. The van der Waals surface area contributed by atoms with Crippen LogP contribution in [0.4, 0.5) is 0 Å². The van der Waals surface area contributed by atoms with Crippen LogP contribution in [0.1, 0.15) is 22.7 Å². The van der Waals surface area contributed by atoms with Gasteiger partial charge in [0.2, 0.25) is 0 Å². The first kappa shape index (κ1) is 10.8. The molecule has 0 aliphatic carbocycles. The summed E-state index contributed by atoms with van der Waals surface area (Å²) in [6, 6.07) is 17.1. The Balaban J connectivity index is 2.06. The van der Waals surface area contributed by atoms with Crippen LogP contribution in [0, 0.1) is 0 Å². The summed E-state index contributed by atoms with van der Waals surface area (Å²) in [5.74, 6) is 0. The van der Waals surface area contributed by atoms with Crippen LogP contribution in [-0.4, -0.2) is 6.54 Å². The Morgan fingerprint density at radius 2 is 1.88 bits per heavy atom. The molecule has 1 N–H and O–H groups in total. The third-order valence-corrected chi connectivity index (χ3v) is 3.53. The van der Waals surface area contributed by atoms with Crippen molar-refractivity contribution >= 4 is 11.6 Å². The van der Waals surface area contributed by atoms with E-state index >= 15 is 0 Å². The van der Waals surface area contributed by atoms with Crippen LogP contribution in [0.5, 0.6) is 0 Å². The Kier molecular flexibility index (Phi) is 2.87. The second kappa shape index (κ2) is 4.52. The van der Waals surface area contributed by atoms with E-state index in [1.54, 1.807) is 0 Å². The lowest BCUT2D eigenvalue weighted by Gasteiger charge is -2.27. The Morgan fingerprint density at radius 1 is 1.06 bits per heavy atom. The maximum atomic E-state index is 6.05. The van der Waals surface area contributed by atoms with Gasteiger partial charge in [-0.1, -0.05) is 48.0 Å². The van der Waals surface area contributed by atoms with Crippen LogP contribution in [0.2, 0.25) is 5.02 Å². The van der Waals surface area contributed by atoms with E-state index < -0.39 is 0 Å². The van der Waals surface area contributed by atoms with E-state index in [4.69, 9.17) is 11.6 Å². The Bertz CT molecular complexity index is 522. The number of nitrogens with one attached hydrogen (secondary N) is 1. The maximum absolute atomic E-state index is 6.05. The van der Waals surface area contributed by atoms with Gasteiger partial charge in [-0.2, -0.15) is 0 Å². The average molecular weight is 244 g/mol. The van der Waals surface area contributed by atoms with Gasteiger partial charge in [-0.3, -0.25) is 0 Å². The summed E-state index contributed by atoms with van der Waals surface area (Å²) < 4.78 is 0. The molecule has 0 bridgehead atoms. The van der Waals surface area contributed by atoms with Crippen molar-refractivity contribution < 1.29 is 0 Å². The van der Waals surface area contributed by atoms with Crippen LogP contribution in [0.25, 0.3) is 0 Å². The fraction of sp³-hybridized carbons (Fsp3) is 0.200. The van der Waals surface area contributed by atoms with Crippen molar-refractivity contribution in [2.75, 3.05) is 6.54 Å². The van der Waals surface area contributed by atoms with Crippen LogP contribution >= 0.6 is 11.6 Å². The number of hydrogen-bond acceptors (Lipinski definition) is 1. The molecular formula is C15H14ClN. The van der Waals surface area contributed by atoms with Crippen LogP contribution in [0.3, 0.4) is 0 Å². The maximum Gasteiger partial charge on any atom is 0.0579 e. The number of rotatable bonds is 1. The molecule has 0 radical (unpaired) electrons. The van der Waals surface area contributed by atoms with E-state index in [1.807, 2.05) is 6.07 Å². The van der Waals surface area contributed by atoms with E-state index in [0.717, 1.165) is 18.0 Å². The Hall–Kier alpha value is -1.31. The van der Waals surface area contributed by atoms with E-state index in [0.29, 0.717) is 6.04 Å². The number of fused-ring (bicyclic) bond motifs is 1. The van der Waals surface area contributed by atoms with Gasteiger partial charge in [0, 0.05) is 11.6 Å². The summed E-state index contributed by atoms with van der Waals surface area (Å²) in [6.45, 7) is 1.01. The zero-order chi connectivity index (χ0) is 11.7. The van der Waals surface area contributed by atoms with Gasteiger partial charge in [-0.25, -0.2) is 0 Å². The van der Waals surface area contributed by atoms with Crippen molar-refractivity contribution in [2.45, 2.75) is 12.5 Å². The van der Waals surface area contributed by atoms with Gasteiger partial charge < -0.3 is 5.32 Å². The molecule has 1 aliphatic rings. The molecule has 0 fully saturated rings. The molecule has 1 atom stereocenters. The second-order valence-corrected chi connectivity index (χ2v) is 4.83. The lowest BCUT2D eigenvalue weighted by molar-refractivity contribution is 0.568. The summed E-state index contributed by atoms with van der Waals surface area (Å²) >= 11 is 6.05. The van der Waals surface area contributed by atoms with Gasteiger partial charge in [0.15, 0.2) is 0 Å². The van der Waals surface area contributed by atoms with E-state index in [2.05, 4.69) is 47.8 Å². The molecule has 3 rings (SSSR count). The summed E-state index contributed by atoms with van der Waals surface area (Å²) in [5, 5.41) is 4.40. The van der Waals surface area contributed by atoms with Crippen LogP contribution in [0.15, 0.2) is 48.5 Å². The molecule has 1 heterocycles. The number of benzene rings is 2. The normalized spacial score (nSPS) is 18.8. The predicted octanol–water partition coefficient (Wildman–Crippen LogP) is 3.58. The first-order valence-electron chi connectivity index (χ1n) is 5.91. The molecular weight excluding hydrogens is 230 g/mol. The molecule has 17 heavy (non-hydrogen) atoms. The number of hydrogen-bond donors (Lipinski definition) is 1. The number of halogens is 1. The van der Waals surface area contributed by atoms with Crippen molar-refractivity contribution in [3.05, 3.63) is 70.2 Å². The highest BCUT2D eigenvalue weighted by Crippen LogP contribution is 2.30. The third-order valence-electron chi connectivity index (χ3n) is 3.29. The first-order chi connectivity index (χ1) is 8.34. The predicted molar refractivity (Wildman–Crippen MR) is 71.4 cm³/mol. The van der Waals surface area contributed by atoms with Crippen molar-refractivity contribution in [2.24, 2.45) is 0 Å². The molecule has 2 heteroatoms. The molecule has 1 nitrogen and oxygen atoms in total. The average Bonchev–Trinajstić information content (AvgIpc) is 2.39. The first-order valence-corrected chi connectivity index (χ1v) is 6.29. The molecule has 0 saturated heterocycles. The zero-order valence-corrected chi connectivity index (χ0v) is 10.2. The SMILES string of the molecule is Clc1ccc2c(c1)CCN[C@@H]2c1ccccc1. The van der Waals surface area contributed by atoms with E-state index in [9.17, 15) is 0 Å². The van der Waals surface area contributed by atoms with Crippen molar-refractivity contribution in [1.82, 2.24) is 5.32 Å². The molecule has 0 spiro atoms. The largest absolute Gasteiger partial charge is 0.306 e. The molecule has 1 aliphatic heterocycles. The highest BCUT2D eigenvalue weighted by atomic mass is 35.5. The van der Waals surface area contributed by atoms with Gasteiger partial charge >= 0.3 is 0 Å². The third kappa shape index (κ3) is 2.08.